The third-order valence-electron chi connectivity index (χ3n) is 8.93. The largest absolute Gasteiger partial charge is 0.494 e. The van der Waals surface area contributed by atoms with E-state index in [-0.39, 0.29) is 25.1 Å². The minimum atomic E-state index is -6.37. The molecule has 0 aliphatic carbocycles. The minimum Gasteiger partial charge on any atom is -0.494 e. The highest BCUT2D eigenvalue weighted by Crippen LogP contribution is 2.46. The number of carbonyl (C=O) groups excluding carboxylic acids is 2. The average Bonchev–Trinajstić information content (AvgIpc) is 3.15. The lowest BCUT2D eigenvalue weighted by Crippen LogP contribution is -2.54. The maximum atomic E-state index is 13.2. The third-order valence-corrected chi connectivity index (χ3v) is 8.93. The molecular weight excluding hydrogens is 733 g/mol. The average molecular weight is 785 g/mol. The van der Waals surface area contributed by atoms with Gasteiger partial charge in [-0.3, -0.25) is 0 Å². The van der Waals surface area contributed by atoms with E-state index in [1.54, 1.807) is 48.5 Å². The van der Waals surface area contributed by atoms with Crippen LogP contribution in [0.25, 0.3) is 11.1 Å². The van der Waals surface area contributed by atoms with Crippen LogP contribution in [-0.2, 0) is 9.47 Å². The molecule has 0 bridgehead atoms. The molecule has 3 aromatic carbocycles. The van der Waals surface area contributed by atoms with Crippen molar-refractivity contribution in [2.45, 2.75) is 121 Å². The van der Waals surface area contributed by atoms with Gasteiger partial charge in [0.1, 0.15) is 18.1 Å². The van der Waals surface area contributed by atoms with Crippen LogP contribution in [0.15, 0.2) is 72.8 Å². The molecule has 13 heteroatoms. The summed E-state index contributed by atoms with van der Waals surface area (Å²) in [7, 11) is 0. The third kappa shape index (κ3) is 15.1. The SMILES string of the molecule is CCCCCCCCCC(C)OC(=O)c1ccc(-c2ccc(OC(=O)c3ccc(OCCCCCCCOCC(F)(F)C(F)(F)C(F)(F)F)cc3)cc2)cc1. The zero-order chi connectivity index (χ0) is 40.3. The van der Waals surface area contributed by atoms with Crippen LogP contribution in [-0.4, -0.2) is 55.9 Å². The van der Waals surface area contributed by atoms with Crippen molar-refractivity contribution in [3.8, 4) is 22.6 Å². The highest BCUT2D eigenvalue weighted by Gasteiger charge is 2.73. The van der Waals surface area contributed by atoms with Crippen molar-refractivity contribution in [2.24, 2.45) is 0 Å². The molecule has 0 aliphatic heterocycles. The summed E-state index contributed by atoms with van der Waals surface area (Å²) in [5, 5.41) is 0. The number of benzene rings is 3. The molecule has 0 aliphatic rings. The molecule has 3 rings (SSSR count). The van der Waals surface area contributed by atoms with Gasteiger partial charge < -0.3 is 18.9 Å². The predicted molar refractivity (Wildman–Crippen MR) is 196 cm³/mol. The van der Waals surface area contributed by atoms with E-state index in [4.69, 9.17) is 14.2 Å². The van der Waals surface area contributed by atoms with E-state index in [9.17, 15) is 40.3 Å². The van der Waals surface area contributed by atoms with Gasteiger partial charge in [-0.05, 0) is 92.3 Å². The summed E-state index contributed by atoms with van der Waals surface area (Å²) < 4.78 is 110. The second kappa shape index (κ2) is 22.4. The van der Waals surface area contributed by atoms with Gasteiger partial charge in [0, 0.05) is 6.61 Å². The molecule has 0 radical (unpaired) electrons. The summed E-state index contributed by atoms with van der Waals surface area (Å²) in [6.45, 7) is 2.11. The van der Waals surface area contributed by atoms with E-state index >= 15 is 0 Å². The lowest BCUT2D eigenvalue weighted by molar-refractivity contribution is -0.361. The quantitative estimate of drug-likeness (QED) is 0.0369. The summed E-state index contributed by atoms with van der Waals surface area (Å²) in [6, 6.07) is 20.6. The molecule has 0 saturated heterocycles. The Kier molecular flexibility index (Phi) is 18.5. The van der Waals surface area contributed by atoms with Gasteiger partial charge in [-0.25, -0.2) is 9.59 Å². The molecule has 0 fully saturated rings. The summed E-state index contributed by atoms with van der Waals surface area (Å²) in [5.41, 5.74) is 2.57. The van der Waals surface area contributed by atoms with Gasteiger partial charge in [0.15, 0.2) is 0 Å². The van der Waals surface area contributed by atoms with Crippen molar-refractivity contribution in [1.29, 1.82) is 0 Å². The molecule has 1 atom stereocenters. The summed E-state index contributed by atoms with van der Waals surface area (Å²) in [5.74, 6) is -11.5. The van der Waals surface area contributed by atoms with Gasteiger partial charge in [-0.2, -0.15) is 30.7 Å². The standard InChI is InChI=1S/C42H51F7O6/c1-3-4-5-6-7-9-12-15-31(2)54-38(50)34-18-16-32(17-19-34)33-20-26-37(27-21-33)55-39(51)35-22-24-36(25-23-35)53-29-14-11-8-10-13-28-52-30-40(43,44)41(45,46)42(47,48)49/h16-27,31H,3-15,28-30H2,1-2H3. The Hall–Kier alpha value is -4.13. The molecule has 3 aromatic rings. The fourth-order valence-electron chi connectivity index (χ4n) is 5.59. The molecule has 0 N–H and O–H groups in total. The van der Waals surface area contributed by atoms with E-state index < -0.39 is 30.6 Å². The fourth-order valence-corrected chi connectivity index (χ4v) is 5.59. The van der Waals surface area contributed by atoms with Gasteiger partial charge in [0.2, 0.25) is 0 Å². The Bertz CT molecular complexity index is 1560. The highest BCUT2D eigenvalue weighted by atomic mass is 19.4. The first-order valence-corrected chi connectivity index (χ1v) is 18.9. The first-order chi connectivity index (χ1) is 26.1. The number of unbranched alkanes of at least 4 members (excludes halogenated alkanes) is 10. The van der Waals surface area contributed by atoms with Gasteiger partial charge in [0.05, 0.1) is 23.8 Å². The van der Waals surface area contributed by atoms with E-state index in [2.05, 4.69) is 11.7 Å². The van der Waals surface area contributed by atoms with E-state index in [0.717, 1.165) is 30.4 Å². The minimum absolute atomic E-state index is 0.142. The molecule has 0 spiro atoms. The Labute approximate surface area is 318 Å². The Morgan fingerprint density at radius 2 is 1.05 bits per heavy atom. The van der Waals surface area contributed by atoms with Crippen LogP contribution < -0.4 is 9.47 Å². The monoisotopic (exact) mass is 784 g/mol. The van der Waals surface area contributed by atoms with Crippen LogP contribution >= 0.6 is 0 Å². The van der Waals surface area contributed by atoms with Gasteiger partial charge in [-0.1, -0.05) is 89.0 Å². The van der Waals surface area contributed by atoms with Gasteiger partial charge in [0.25, 0.3) is 0 Å². The van der Waals surface area contributed by atoms with Crippen molar-refractivity contribution in [3.05, 3.63) is 83.9 Å². The molecule has 55 heavy (non-hydrogen) atoms. The zero-order valence-electron chi connectivity index (χ0n) is 31.4. The maximum Gasteiger partial charge on any atom is 0.459 e. The number of rotatable bonds is 25. The number of carbonyl (C=O) groups is 2. The smallest absolute Gasteiger partial charge is 0.459 e. The second-order valence-electron chi connectivity index (χ2n) is 13.6. The molecule has 0 aromatic heterocycles. The van der Waals surface area contributed by atoms with Crippen LogP contribution in [0.3, 0.4) is 0 Å². The van der Waals surface area contributed by atoms with Crippen molar-refractivity contribution in [3.63, 3.8) is 0 Å². The van der Waals surface area contributed by atoms with E-state index in [1.165, 1.54) is 32.1 Å². The number of hydrogen-bond donors (Lipinski definition) is 0. The molecule has 0 amide bonds. The van der Waals surface area contributed by atoms with Crippen LogP contribution in [0.1, 0.15) is 118 Å². The number of esters is 2. The lowest BCUT2D eigenvalue weighted by Gasteiger charge is -2.27. The van der Waals surface area contributed by atoms with Crippen LogP contribution in [0.5, 0.6) is 11.5 Å². The highest BCUT2D eigenvalue weighted by molar-refractivity contribution is 5.91. The number of halogens is 7. The Morgan fingerprint density at radius 3 is 1.64 bits per heavy atom. The van der Waals surface area contributed by atoms with E-state index in [1.807, 2.05) is 31.2 Å². The van der Waals surface area contributed by atoms with Crippen LogP contribution in [0, 0.1) is 0 Å². The summed E-state index contributed by atoms with van der Waals surface area (Å²) >= 11 is 0. The van der Waals surface area contributed by atoms with Gasteiger partial charge >= 0.3 is 30.0 Å². The van der Waals surface area contributed by atoms with Crippen molar-refractivity contribution >= 4 is 11.9 Å². The fraction of sp³-hybridized carbons (Fsp3) is 0.524. The van der Waals surface area contributed by atoms with E-state index in [0.29, 0.717) is 54.9 Å². The van der Waals surface area contributed by atoms with Crippen molar-refractivity contribution < 1.29 is 59.3 Å². The predicted octanol–water partition coefficient (Wildman–Crippen LogP) is 12.4. The number of hydrogen-bond acceptors (Lipinski definition) is 6. The Balaban J connectivity index is 1.31. The van der Waals surface area contributed by atoms with Crippen LogP contribution in [0.4, 0.5) is 30.7 Å². The molecule has 304 valence electrons. The van der Waals surface area contributed by atoms with Crippen molar-refractivity contribution in [2.75, 3.05) is 19.8 Å². The second-order valence-corrected chi connectivity index (χ2v) is 13.6. The van der Waals surface area contributed by atoms with Crippen molar-refractivity contribution in [1.82, 2.24) is 0 Å². The first kappa shape index (κ1) is 45.3. The molecule has 0 heterocycles. The topological polar surface area (TPSA) is 71.1 Å². The molecule has 1 unspecified atom stereocenters. The van der Waals surface area contributed by atoms with Gasteiger partial charge in [-0.15, -0.1) is 0 Å². The number of ether oxygens (including phenoxy) is 4. The Morgan fingerprint density at radius 1 is 0.582 bits per heavy atom. The first-order valence-electron chi connectivity index (χ1n) is 18.9. The number of alkyl halides is 7. The summed E-state index contributed by atoms with van der Waals surface area (Å²) in [4.78, 5) is 25.3. The summed E-state index contributed by atoms with van der Waals surface area (Å²) in [6.07, 6.45) is 5.54. The zero-order valence-corrected chi connectivity index (χ0v) is 31.4. The van der Waals surface area contributed by atoms with Crippen LogP contribution in [0.2, 0.25) is 0 Å². The maximum absolute atomic E-state index is 13.2. The lowest BCUT2D eigenvalue weighted by atomic mass is 10.0. The normalized spacial score (nSPS) is 12.7. The molecular formula is C42H51F7O6. The molecule has 0 saturated carbocycles. The molecule has 6 nitrogen and oxygen atoms in total.